The zero-order chi connectivity index (χ0) is 15.0. The number of amides is 1. The smallest absolute Gasteiger partial charge is 0.352 e. The topological polar surface area (TPSA) is 77.8 Å². The average molecular weight is 267 g/mol. The van der Waals surface area contributed by atoms with E-state index in [-0.39, 0.29) is 17.6 Å². The molecule has 19 heavy (non-hydrogen) atoms. The first-order valence-corrected chi connectivity index (χ1v) is 6.20. The van der Waals surface area contributed by atoms with Gasteiger partial charge in [-0.3, -0.25) is 4.79 Å². The Kier molecular flexibility index (Phi) is 4.20. The Labute approximate surface area is 113 Å². The van der Waals surface area contributed by atoms with Crippen molar-refractivity contribution in [2.24, 2.45) is 5.92 Å². The van der Waals surface area contributed by atoms with Gasteiger partial charge in [0.25, 0.3) is 0 Å². The molecular formula is C14H21NO4. The Morgan fingerprint density at radius 2 is 2.00 bits per heavy atom. The Morgan fingerprint density at radius 1 is 1.47 bits per heavy atom. The molecule has 2 N–H and O–H groups in total. The highest BCUT2D eigenvalue weighted by Gasteiger charge is 2.55. The Hall–Kier alpha value is -1.62. The van der Waals surface area contributed by atoms with Crippen LogP contribution in [0.2, 0.25) is 0 Å². The van der Waals surface area contributed by atoms with Gasteiger partial charge in [-0.15, -0.1) is 6.58 Å². The Morgan fingerprint density at radius 3 is 2.32 bits per heavy atom. The Balaban J connectivity index is 3.17. The fourth-order valence-corrected chi connectivity index (χ4v) is 2.56. The number of aliphatic hydroxyl groups is 1. The van der Waals surface area contributed by atoms with Crippen LogP contribution in [0.25, 0.3) is 0 Å². The van der Waals surface area contributed by atoms with Gasteiger partial charge in [-0.1, -0.05) is 6.08 Å². The van der Waals surface area contributed by atoms with Crippen molar-refractivity contribution in [1.82, 2.24) is 4.90 Å². The summed E-state index contributed by atoms with van der Waals surface area (Å²) in [6.45, 7) is 10.1. The summed E-state index contributed by atoms with van der Waals surface area (Å²) in [5.74, 6) is -2.08. The molecule has 0 radical (unpaired) electrons. The summed E-state index contributed by atoms with van der Waals surface area (Å²) in [4.78, 5) is 24.7. The van der Waals surface area contributed by atoms with Crippen LogP contribution in [-0.2, 0) is 9.59 Å². The summed E-state index contributed by atoms with van der Waals surface area (Å²) in [7, 11) is 0. The van der Waals surface area contributed by atoms with E-state index in [2.05, 4.69) is 6.58 Å². The predicted octanol–water partition coefficient (Wildman–Crippen LogP) is 1.54. The van der Waals surface area contributed by atoms with Crippen molar-refractivity contribution in [3.8, 4) is 0 Å². The lowest BCUT2D eigenvalue weighted by Gasteiger charge is -2.51. The molecule has 0 spiro atoms. The van der Waals surface area contributed by atoms with Crippen LogP contribution in [0.1, 0.15) is 34.1 Å². The van der Waals surface area contributed by atoms with Crippen molar-refractivity contribution >= 4 is 11.9 Å². The standard InChI is InChI=1S/C14H21NO4/c1-6-7-9-10(14(4,5)19)12(16)15(9)11(8(2)3)13(17)18/h6,9-10,19H,1,7H2,2-5H3,(H,17,18)/t9-,10+/m1/s1. The molecule has 1 rings (SSSR count). The number of hydrogen-bond donors (Lipinski definition) is 2. The van der Waals surface area contributed by atoms with E-state index >= 15 is 0 Å². The number of nitrogens with zero attached hydrogens (tertiary/aromatic N) is 1. The SMILES string of the molecule is C=CC[C@@H]1[C@H](C(C)(C)O)C(=O)N1C(C(=O)O)=C(C)C. The minimum absolute atomic E-state index is 0.00245. The van der Waals surface area contributed by atoms with Crippen LogP contribution in [0.5, 0.6) is 0 Å². The number of rotatable bonds is 5. The van der Waals surface area contributed by atoms with Crippen molar-refractivity contribution < 1.29 is 19.8 Å². The van der Waals surface area contributed by atoms with Gasteiger partial charge < -0.3 is 15.1 Å². The van der Waals surface area contributed by atoms with E-state index in [9.17, 15) is 19.8 Å². The molecule has 1 amide bonds. The molecule has 1 fully saturated rings. The second-order valence-electron chi connectivity index (χ2n) is 5.59. The summed E-state index contributed by atoms with van der Waals surface area (Å²) in [5.41, 5.74) is -0.617. The largest absolute Gasteiger partial charge is 0.477 e. The molecule has 1 heterocycles. The van der Waals surface area contributed by atoms with E-state index in [0.717, 1.165) is 0 Å². The molecule has 5 heteroatoms. The minimum Gasteiger partial charge on any atom is -0.477 e. The molecule has 0 unspecified atom stereocenters. The molecule has 5 nitrogen and oxygen atoms in total. The second-order valence-corrected chi connectivity index (χ2v) is 5.59. The highest BCUT2D eigenvalue weighted by atomic mass is 16.4. The number of allylic oxidation sites excluding steroid dienone is 1. The molecule has 0 aromatic heterocycles. The van der Waals surface area contributed by atoms with Crippen LogP contribution in [0.15, 0.2) is 23.9 Å². The van der Waals surface area contributed by atoms with Gasteiger partial charge >= 0.3 is 5.97 Å². The van der Waals surface area contributed by atoms with Crippen LogP contribution in [0, 0.1) is 5.92 Å². The van der Waals surface area contributed by atoms with Gasteiger partial charge in [0.2, 0.25) is 5.91 Å². The quantitative estimate of drug-likeness (QED) is 0.450. The monoisotopic (exact) mass is 267 g/mol. The zero-order valence-corrected chi connectivity index (χ0v) is 11.8. The number of carboxylic acid groups (broad SMARTS) is 1. The summed E-state index contributed by atoms with van der Waals surface area (Å²) < 4.78 is 0. The van der Waals surface area contributed by atoms with Gasteiger partial charge in [-0.2, -0.15) is 0 Å². The summed E-state index contributed by atoms with van der Waals surface area (Å²) >= 11 is 0. The number of aliphatic carboxylic acids is 1. The van der Waals surface area contributed by atoms with Crippen LogP contribution < -0.4 is 0 Å². The lowest BCUT2D eigenvalue weighted by Crippen LogP contribution is -2.67. The zero-order valence-electron chi connectivity index (χ0n) is 11.8. The maximum absolute atomic E-state index is 12.2. The third-order valence-electron chi connectivity index (χ3n) is 3.31. The predicted molar refractivity (Wildman–Crippen MR) is 71.2 cm³/mol. The van der Waals surface area contributed by atoms with Gasteiger partial charge in [-0.05, 0) is 39.7 Å². The highest BCUT2D eigenvalue weighted by Crippen LogP contribution is 2.40. The molecule has 0 saturated carbocycles. The number of β-lactam (4-membered cyclic amide) rings is 1. The molecule has 0 aliphatic carbocycles. The van der Waals surface area contributed by atoms with Crippen molar-refractivity contribution in [2.75, 3.05) is 0 Å². The third kappa shape index (κ3) is 2.71. The maximum atomic E-state index is 12.2. The summed E-state index contributed by atoms with van der Waals surface area (Å²) in [5, 5.41) is 19.3. The van der Waals surface area contributed by atoms with E-state index in [0.29, 0.717) is 12.0 Å². The lowest BCUT2D eigenvalue weighted by atomic mass is 9.74. The van der Waals surface area contributed by atoms with Gasteiger partial charge in [0.15, 0.2) is 0 Å². The first-order valence-electron chi connectivity index (χ1n) is 6.20. The highest BCUT2D eigenvalue weighted by molar-refractivity contribution is 5.98. The van der Waals surface area contributed by atoms with E-state index in [4.69, 9.17) is 0 Å². The molecule has 0 bridgehead atoms. The molecule has 1 aliphatic rings. The molecule has 1 aliphatic heterocycles. The molecular weight excluding hydrogens is 246 g/mol. The van der Waals surface area contributed by atoms with Crippen molar-refractivity contribution in [2.45, 2.75) is 45.8 Å². The minimum atomic E-state index is -1.17. The van der Waals surface area contributed by atoms with Crippen LogP contribution in [0.4, 0.5) is 0 Å². The second kappa shape index (κ2) is 5.17. The van der Waals surface area contributed by atoms with Gasteiger partial charge in [0.1, 0.15) is 5.70 Å². The molecule has 2 atom stereocenters. The van der Waals surface area contributed by atoms with Gasteiger partial charge in [0.05, 0.1) is 17.6 Å². The maximum Gasteiger partial charge on any atom is 0.352 e. The lowest BCUT2D eigenvalue weighted by molar-refractivity contribution is -0.171. The normalized spacial score (nSPS) is 22.8. The van der Waals surface area contributed by atoms with Crippen molar-refractivity contribution in [3.05, 3.63) is 23.9 Å². The first-order chi connectivity index (χ1) is 8.62. The number of carbonyl (C=O) groups excluding carboxylic acids is 1. The van der Waals surface area contributed by atoms with E-state index in [1.54, 1.807) is 33.8 Å². The fraction of sp³-hybridized carbons (Fsp3) is 0.571. The molecule has 1 saturated heterocycles. The summed E-state index contributed by atoms with van der Waals surface area (Å²) in [6.07, 6.45) is 2.08. The van der Waals surface area contributed by atoms with Crippen molar-refractivity contribution in [3.63, 3.8) is 0 Å². The van der Waals surface area contributed by atoms with Crippen LogP contribution in [-0.4, -0.2) is 38.6 Å². The van der Waals surface area contributed by atoms with Gasteiger partial charge in [0, 0.05) is 0 Å². The third-order valence-corrected chi connectivity index (χ3v) is 3.31. The van der Waals surface area contributed by atoms with Crippen molar-refractivity contribution in [1.29, 1.82) is 0 Å². The first kappa shape index (κ1) is 15.4. The Bertz CT molecular complexity index is 441. The van der Waals surface area contributed by atoms with E-state index in [1.165, 1.54) is 4.90 Å². The van der Waals surface area contributed by atoms with Crippen LogP contribution >= 0.6 is 0 Å². The number of carbonyl (C=O) groups is 2. The van der Waals surface area contributed by atoms with E-state index < -0.39 is 17.5 Å². The summed E-state index contributed by atoms with van der Waals surface area (Å²) in [6, 6.07) is -0.356. The number of carboxylic acids is 1. The fourth-order valence-electron chi connectivity index (χ4n) is 2.56. The average Bonchev–Trinajstić information content (AvgIpc) is 2.22. The van der Waals surface area contributed by atoms with Crippen LogP contribution in [0.3, 0.4) is 0 Å². The number of likely N-dealkylation sites (tertiary alicyclic amines) is 1. The molecule has 106 valence electrons. The van der Waals surface area contributed by atoms with Gasteiger partial charge in [-0.25, -0.2) is 4.79 Å². The van der Waals surface area contributed by atoms with E-state index in [1.807, 2.05) is 0 Å². The molecule has 0 aromatic carbocycles. The number of hydrogen-bond acceptors (Lipinski definition) is 3. The molecule has 0 aromatic rings.